The molecule has 0 aromatic heterocycles. The Morgan fingerprint density at radius 1 is 1.26 bits per heavy atom. The molecule has 1 aromatic rings. The zero-order valence-electron chi connectivity index (χ0n) is 12.3. The molecule has 2 rings (SSSR count). The summed E-state index contributed by atoms with van der Waals surface area (Å²) in [6, 6.07) is 1.69. The number of phenolic OH excluding ortho intramolecular Hbond substituents is 1. The van der Waals surface area contributed by atoms with Crippen LogP contribution in [0.3, 0.4) is 0 Å². The molecule has 0 saturated carbocycles. The Hall–Kier alpha value is -1.56. The van der Waals surface area contributed by atoms with E-state index >= 15 is 0 Å². The number of aliphatic carboxylic acids is 1. The first-order valence-corrected chi connectivity index (χ1v) is 7.10. The van der Waals surface area contributed by atoms with Gasteiger partial charge < -0.3 is 15.1 Å². The normalized spacial score (nSPS) is 13.0. The number of allylic oxidation sites excluding steroid dienone is 2. The first-order chi connectivity index (χ1) is 10.5. The summed E-state index contributed by atoms with van der Waals surface area (Å²) in [6.07, 6.45) is 4.99. The van der Waals surface area contributed by atoms with E-state index in [1.807, 2.05) is 0 Å². The van der Waals surface area contributed by atoms with Gasteiger partial charge in [-0.1, -0.05) is 12.2 Å². The Balaban J connectivity index is 0.00000264. The fourth-order valence-electron chi connectivity index (χ4n) is 2.82. The summed E-state index contributed by atoms with van der Waals surface area (Å²) in [6.45, 7) is 6.98. The molecule has 1 amide bonds. The van der Waals surface area contributed by atoms with Gasteiger partial charge in [0.05, 0.1) is 0 Å². The molecule has 5 nitrogen and oxygen atoms in total. The van der Waals surface area contributed by atoms with Crippen LogP contribution in [0.1, 0.15) is 23.1 Å². The van der Waals surface area contributed by atoms with Crippen LogP contribution in [0.5, 0.6) is 5.75 Å². The minimum atomic E-state index is -1.06. The molecular weight excluding hydrogens is 305 g/mol. The molecule has 1 aliphatic rings. The fourth-order valence-corrected chi connectivity index (χ4v) is 2.82. The molecule has 6 heteroatoms. The SMILES string of the molecule is C=CCc1cc2c(c(CC=C)c1O)CCC(=O)N2CC(=O)O.[NaH]. The first-order valence-electron chi connectivity index (χ1n) is 7.10. The van der Waals surface area contributed by atoms with Gasteiger partial charge in [-0.05, 0) is 36.5 Å². The molecule has 23 heavy (non-hydrogen) atoms. The number of carbonyl (C=O) groups excluding carboxylic acids is 1. The van der Waals surface area contributed by atoms with E-state index < -0.39 is 5.97 Å². The van der Waals surface area contributed by atoms with Gasteiger partial charge in [0.1, 0.15) is 12.3 Å². The number of carboxylic acid groups (broad SMARTS) is 1. The van der Waals surface area contributed by atoms with Crippen molar-refractivity contribution in [2.75, 3.05) is 11.4 Å². The van der Waals surface area contributed by atoms with Crippen molar-refractivity contribution in [1.29, 1.82) is 0 Å². The van der Waals surface area contributed by atoms with Gasteiger partial charge in [0.25, 0.3) is 0 Å². The number of aromatic hydroxyl groups is 1. The van der Waals surface area contributed by atoms with Crippen LogP contribution in [0, 0.1) is 0 Å². The second kappa shape index (κ2) is 8.34. The summed E-state index contributed by atoms with van der Waals surface area (Å²) >= 11 is 0. The number of nitrogens with zero attached hydrogens (tertiary/aromatic N) is 1. The van der Waals surface area contributed by atoms with Crippen molar-refractivity contribution >= 4 is 47.1 Å². The van der Waals surface area contributed by atoms with E-state index in [-0.39, 0.29) is 54.2 Å². The zero-order valence-corrected chi connectivity index (χ0v) is 12.3. The molecule has 0 atom stereocenters. The standard InChI is InChI=1S/C17H19NO4.Na.H/c1-3-5-11-9-14-12(13(6-4-2)17(11)22)7-8-15(19)18(14)10-16(20)21;;/h3-4,9,22H,1-2,5-8,10H2,(H,20,21);;. The molecule has 1 aliphatic heterocycles. The zero-order chi connectivity index (χ0) is 16.3. The van der Waals surface area contributed by atoms with Crippen molar-refractivity contribution in [2.24, 2.45) is 0 Å². The maximum atomic E-state index is 12.1. The first kappa shape index (κ1) is 19.5. The van der Waals surface area contributed by atoms with Crippen LogP contribution in [0.25, 0.3) is 0 Å². The summed E-state index contributed by atoms with van der Waals surface area (Å²) in [4.78, 5) is 24.4. The predicted octanol–water partition coefficient (Wildman–Crippen LogP) is 1.56. The number of carboxylic acids is 1. The summed E-state index contributed by atoms with van der Waals surface area (Å²) in [5.74, 6) is -1.09. The fraction of sp³-hybridized carbons (Fsp3) is 0.294. The quantitative estimate of drug-likeness (QED) is 0.615. The number of amides is 1. The summed E-state index contributed by atoms with van der Waals surface area (Å²) in [5, 5.41) is 19.5. The Labute approximate surface area is 157 Å². The summed E-state index contributed by atoms with van der Waals surface area (Å²) in [5.41, 5.74) is 2.75. The number of phenols is 1. The van der Waals surface area contributed by atoms with E-state index in [9.17, 15) is 14.7 Å². The van der Waals surface area contributed by atoms with Gasteiger partial charge in [-0.25, -0.2) is 0 Å². The molecule has 0 radical (unpaired) electrons. The molecule has 2 N–H and O–H groups in total. The average molecular weight is 325 g/mol. The van der Waals surface area contributed by atoms with Crippen molar-refractivity contribution < 1.29 is 19.8 Å². The maximum absolute atomic E-state index is 12.1. The molecule has 118 valence electrons. The van der Waals surface area contributed by atoms with E-state index in [4.69, 9.17) is 5.11 Å². The van der Waals surface area contributed by atoms with Crippen LogP contribution >= 0.6 is 0 Å². The predicted molar refractivity (Wildman–Crippen MR) is 91.4 cm³/mol. The number of fused-ring (bicyclic) bond motifs is 1. The molecule has 0 unspecified atom stereocenters. The van der Waals surface area contributed by atoms with Crippen LogP contribution in [-0.4, -0.2) is 58.2 Å². The molecule has 0 saturated heterocycles. The second-order valence-electron chi connectivity index (χ2n) is 5.22. The number of carbonyl (C=O) groups is 2. The molecular formula is C17H20NNaO4. The number of hydrogen-bond donors (Lipinski definition) is 2. The Kier molecular flexibility index (Phi) is 7.06. The molecule has 1 aromatic carbocycles. The minimum absolute atomic E-state index is 0. The van der Waals surface area contributed by atoms with Crippen molar-refractivity contribution in [1.82, 2.24) is 0 Å². The average Bonchev–Trinajstić information content (AvgIpc) is 2.46. The van der Waals surface area contributed by atoms with Gasteiger partial charge in [0.15, 0.2) is 0 Å². The summed E-state index contributed by atoms with van der Waals surface area (Å²) in [7, 11) is 0. The van der Waals surface area contributed by atoms with Gasteiger partial charge in [0, 0.05) is 17.7 Å². The van der Waals surface area contributed by atoms with Gasteiger partial charge in [-0.3, -0.25) is 9.59 Å². The third-order valence-corrected chi connectivity index (χ3v) is 3.76. The van der Waals surface area contributed by atoms with Crippen molar-refractivity contribution in [2.45, 2.75) is 25.7 Å². The summed E-state index contributed by atoms with van der Waals surface area (Å²) < 4.78 is 0. The molecule has 0 aliphatic carbocycles. The number of anilines is 1. The third-order valence-electron chi connectivity index (χ3n) is 3.76. The Morgan fingerprint density at radius 3 is 2.48 bits per heavy atom. The molecule has 0 spiro atoms. The molecule has 1 heterocycles. The topological polar surface area (TPSA) is 77.8 Å². The van der Waals surface area contributed by atoms with Crippen LogP contribution in [0.2, 0.25) is 0 Å². The Morgan fingerprint density at radius 2 is 1.91 bits per heavy atom. The van der Waals surface area contributed by atoms with E-state index in [2.05, 4.69) is 13.2 Å². The van der Waals surface area contributed by atoms with Gasteiger partial charge in [-0.15, -0.1) is 13.2 Å². The third kappa shape index (κ3) is 4.05. The van der Waals surface area contributed by atoms with Crippen LogP contribution in [0.4, 0.5) is 5.69 Å². The van der Waals surface area contributed by atoms with E-state index in [0.29, 0.717) is 36.1 Å². The number of hydrogen-bond acceptors (Lipinski definition) is 3. The monoisotopic (exact) mass is 325 g/mol. The van der Waals surface area contributed by atoms with E-state index in [0.717, 1.165) is 5.56 Å². The van der Waals surface area contributed by atoms with Gasteiger partial charge >= 0.3 is 35.5 Å². The van der Waals surface area contributed by atoms with E-state index in [1.54, 1.807) is 18.2 Å². The van der Waals surface area contributed by atoms with Crippen LogP contribution < -0.4 is 4.90 Å². The van der Waals surface area contributed by atoms with E-state index in [1.165, 1.54) is 4.90 Å². The van der Waals surface area contributed by atoms with Crippen LogP contribution in [0.15, 0.2) is 31.4 Å². The Bertz CT molecular complexity index is 654. The molecule has 0 bridgehead atoms. The second-order valence-corrected chi connectivity index (χ2v) is 5.22. The van der Waals surface area contributed by atoms with Crippen molar-refractivity contribution in [3.8, 4) is 5.75 Å². The van der Waals surface area contributed by atoms with Gasteiger partial charge in [-0.2, -0.15) is 0 Å². The van der Waals surface area contributed by atoms with Gasteiger partial charge in [0.2, 0.25) is 5.91 Å². The van der Waals surface area contributed by atoms with Crippen molar-refractivity contribution in [3.63, 3.8) is 0 Å². The number of rotatable bonds is 6. The number of benzene rings is 1. The molecule has 0 fully saturated rings. The van der Waals surface area contributed by atoms with Crippen molar-refractivity contribution in [3.05, 3.63) is 48.1 Å². The van der Waals surface area contributed by atoms with Crippen LogP contribution in [-0.2, 0) is 28.9 Å².